The van der Waals surface area contributed by atoms with Gasteiger partial charge in [-0.3, -0.25) is 10.4 Å². The van der Waals surface area contributed by atoms with E-state index in [1.54, 1.807) is 30.1 Å². The Morgan fingerprint density at radius 3 is 2.79 bits per heavy atom. The third-order valence-corrected chi connectivity index (χ3v) is 4.92. The normalized spacial score (nSPS) is 11.6. The maximum absolute atomic E-state index is 4.51. The van der Waals surface area contributed by atoms with Crippen LogP contribution < -0.4 is 5.43 Å². The van der Waals surface area contributed by atoms with Crippen molar-refractivity contribution in [2.45, 2.75) is 13.8 Å². The zero-order valence-corrected chi connectivity index (χ0v) is 14.0. The summed E-state index contributed by atoms with van der Waals surface area (Å²) in [4.78, 5) is 19.7. The van der Waals surface area contributed by atoms with Gasteiger partial charge in [-0.05, 0) is 31.5 Å². The van der Waals surface area contributed by atoms with Crippen molar-refractivity contribution in [3.05, 3.63) is 52.9 Å². The van der Waals surface area contributed by atoms with E-state index in [4.69, 9.17) is 0 Å². The number of para-hydroxylation sites is 2. The summed E-state index contributed by atoms with van der Waals surface area (Å²) >= 11 is 1.66. The molecule has 0 aliphatic heterocycles. The number of hydrogen-bond donors (Lipinski definition) is 1. The average molecular weight is 334 g/mol. The summed E-state index contributed by atoms with van der Waals surface area (Å²) in [5.41, 5.74) is 6.57. The summed E-state index contributed by atoms with van der Waals surface area (Å²) in [5.74, 6) is 0.701. The van der Waals surface area contributed by atoms with Crippen molar-refractivity contribution in [3.63, 3.8) is 0 Å². The Morgan fingerprint density at radius 2 is 1.92 bits per heavy atom. The Labute approximate surface area is 142 Å². The highest BCUT2D eigenvalue weighted by molar-refractivity contribution is 7.18. The van der Waals surface area contributed by atoms with Crippen molar-refractivity contribution in [3.8, 4) is 0 Å². The molecule has 7 heteroatoms. The van der Waals surface area contributed by atoms with Crippen LogP contribution in [0.3, 0.4) is 0 Å². The first kappa shape index (κ1) is 14.6. The SMILES string of the molecule is Cc1sc2ncnc(N/N=C\c3cnc4ccccc4n3)c2c1C. The molecule has 0 aliphatic carbocycles. The number of nitrogens with one attached hydrogen (secondary N) is 1. The molecule has 3 aromatic heterocycles. The van der Waals surface area contributed by atoms with E-state index in [0.717, 1.165) is 21.3 Å². The van der Waals surface area contributed by atoms with Crippen LogP contribution in [0.5, 0.6) is 0 Å². The molecule has 6 nitrogen and oxygen atoms in total. The molecule has 0 bridgehead atoms. The van der Waals surface area contributed by atoms with Crippen molar-refractivity contribution < 1.29 is 0 Å². The number of aryl methyl sites for hydroxylation is 2. The van der Waals surface area contributed by atoms with Crippen molar-refractivity contribution >= 4 is 44.6 Å². The molecule has 1 N–H and O–H groups in total. The lowest BCUT2D eigenvalue weighted by Crippen LogP contribution is -1.97. The zero-order chi connectivity index (χ0) is 16.5. The van der Waals surface area contributed by atoms with Crippen LogP contribution in [0.2, 0.25) is 0 Å². The molecule has 1 aromatic carbocycles. The Bertz CT molecular complexity index is 1070. The van der Waals surface area contributed by atoms with Gasteiger partial charge < -0.3 is 0 Å². The number of aromatic nitrogens is 4. The standard InChI is InChI=1S/C17H14N6S/c1-10-11(2)24-17-15(10)16(19-9-20-17)23-21-8-12-7-18-13-5-3-4-6-14(13)22-12/h3-9H,1-2H3,(H,19,20,23)/b21-8-. The Morgan fingerprint density at radius 1 is 1.08 bits per heavy atom. The molecule has 0 fully saturated rings. The number of fused-ring (bicyclic) bond motifs is 2. The fraction of sp³-hybridized carbons (Fsp3) is 0.118. The van der Waals surface area contributed by atoms with Crippen LogP contribution in [0.1, 0.15) is 16.1 Å². The highest BCUT2D eigenvalue weighted by atomic mass is 32.1. The van der Waals surface area contributed by atoms with Gasteiger partial charge in [0.2, 0.25) is 0 Å². The molecule has 0 aliphatic rings. The maximum atomic E-state index is 4.51. The molecule has 0 spiro atoms. The lowest BCUT2D eigenvalue weighted by atomic mass is 10.2. The summed E-state index contributed by atoms with van der Waals surface area (Å²) in [6.45, 7) is 4.15. The molecule has 0 radical (unpaired) electrons. The number of benzene rings is 1. The van der Waals surface area contributed by atoms with Crippen LogP contribution in [0.4, 0.5) is 5.82 Å². The minimum atomic E-state index is 0.685. The molecule has 3 heterocycles. The van der Waals surface area contributed by atoms with Gasteiger partial charge in [0.1, 0.15) is 16.9 Å². The van der Waals surface area contributed by atoms with E-state index in [1.807, 2.05) is 24.3 Å². The van der Waals surface area contributed by atoms with Gasteiger partial charge in [-0.1, -0.05) is 12.1 Å². The zero-order valence-electron chi connectivity index (χ0n) is 13.2. The third-order valence-electron chi connectivity index (χ3n) is 3.80. The van der Waals surface area contributed by atoms with Crippen molar-refractivity contribution in [1.82, 2.24) is 19.9 Å². The Balaban J connectivity index is 1.63. The highest BCUT2D eigenvalue weighted by Gasteiger charge is 2.11. The fourth-order valence-electron chi connectivity index (χ4n) is 2.46. The van der Waals surface area contributed by atoms with Gasteiger partial charge in [-0.25, -0.2) is 15.0 Å². The van der Waals surface area contributed by atoms with Gasteiger partial charge in [0, 0.05) is 4.88 Å². The number of hydrazone groups is 1. The molecule has 0 atom stereocenters. The first-order valence-electron chi connectivity index (χ1n) is 7.44. The molecular weight excluding hydrogens is 320 g/mol. The van der Waals surface area contributed by atoms with Crippen molar-refractivity contribution in [2.75, 3.05) is 5.43 Å². The number of anilines is 1. The Kier molecular flexibility index (Phi) is 3.62. The summed E-state index contributed by atoms with van der Waals surface area (Å²) in [5, 5.41) is 5.27. The van der Waals surface area contributed by atoms with E-state index in [1.165, 1.54) is 10.4 Å². The number of hydrogen-bond acceptors (Lipinski definition) is 7. The van der Waals surface area contributed by atoms with Crippen LogP contribution in [-0.2, 0) is 0 Å². The fourth-order valence-corrected chi connectivity index (χ4v) is 3.46. The first-order chi connectivity index (χ1) is 11.7. The number of rotatable bonds is 3. The molecule has 24 heavy (non-hydrogen) atoms. The topological polar surface area (TPSA) is 76.0 Å². The second-order valence-electron chi connectivity index (χ2n) is 5.34. The molecule has 0 unspecified atom stereocenters. The van der Waals surface area contributed by atoms with Gasteiger partial charge in [-0.2, -0.15) is 5.10 Å². The van der Waals surface area contributed by atoms with Crippen molar-refractivity contribution in [1.29, 1.82) is 0 Å². The minimum absolute atomic E-state index is 0.685. The molecule has 0 saturated carbocycles. The van der Waals surface area contributed by atoms with E-state index in [9.17, 15) is 0 Å². The summed E-state index contributed by atoms with van der Waals surface area (Å²) < 4.78 is 0. The lowest BCUT2D eigenvalue weighted by Gasteiger charge is -2.02. The van der Waals surface area contributed by atoms with Gasteiger partial charge in [0.05, 0.1) is 28.8 Å². The predicted molar refractivity (Wildman–Crippen MR) is 97.6 cm³/mol. The van der Waals surface area contributed by atoms with E-state index in [2.05, 4.69) is 44.3 Å². The van der Waals surface area contributed by atoms with Crippen LogP contribution >= 0.6 is 11.3 Å². The van der Waals surface area contributed by atoms with Gasteiger partial charge in [0.25, 0.3) is 0 Å². The van der Waals surface area contributed by atoms with E-state index < -0.39 is 0 Å². The summed E-state index contributed by atoms with van der Waals surface area (Å²) in [6, 6.07) is 7.74. The molecule has 4 rings (SSSR count). The molecule has 4 aromatic rings. The van der Waals surface area contributed by atoms with Gasteiger partial charge in [0.15, 0.2) is 5.82 Å². The highest BCUT2D eigenvalue weighted by Crippen LogP contribution is 2.32. The molecular formula is C17H14N6S. The molecule has 0 saturated heterocycles. The number of thiophene rings is 1. The second-order valence-corrected chi connectivity index (χ2v) is 6.54. The molecule has 118 valence electrons. The summed E-state index contributed by atoms with van der Waals surface area (Å²) in [7, 11) is 0. The monoisotopic (exact) mass is 334 g/mol. The lowest BCUT2D eigenvalue weighted by molar-refractivity contribution is 1.18. The summed E-state index contributed by atoms with van der Waals surface area (Å²) in [6.07, 6.45) is 4.89. The Hall–Kier alpha value is -2.93. The van der Waals surface area contributed by atoms with Crippen molar-refractivity contribution in [2.24, 2.45) is 5.10 Å². The largest absolute Gasteiger partial charge is 0.261 e. The van der Waals surface area contributed by atoms with Crippen LogP contribution in [-0.4, -0.2) is 26.2 Å². The first-order valence-corrected chi connectivity index (χ1v) is 8.25. The second kappa shape index (κ2) is 5.93. The molecule has 0 amide bonds. The average Bonchev–Trinajstić information content (AvgIpc) is 2.90. The van der Waals surface area contributed by atoms with E-state index in [0.29, 0.717) is 11.5 Å². The van der Waals surface area contributed by atoms with E-state index >= 15 is 0 Å². The van der Waals surface area contributed by atoms with Crippen LogP contribution in [0, 0.1) is 13.8 Å². The van der Waals surface area contributed by atoms with Crippen LogP contribution in [0.15, 0.2) is 41.9 Å². The predicted octanol–water partition coefficient (Wildman–Crippen LogP) is 3.70. The number of nitrogens with zero attached hydrogens (tertiary/aromatic N) is 5. The van der Waals surface area contributed by atoms with Crippen LogP contribution in [0.25, 0.3) is 21.3 Å². The smallest absolute Gasteiger partial charge is 0.158 e. The minimum Gasteiger partial charge on any atom is -0.261 e. The van der Waals surface area contributed by atoms with E-state index in [-0.39, 0.29) is 0 Å². The quantitative estimate of drug-likeness (QED) is 0.457. The third kappa shape index (κ3) is 2.59. The maximum Gasteiger partial charge on any atom is 0.158 e. The van der Waals surface area contributed by atoms with Gasteiger partial charge in [-0.15, -0.1) is 11.3 Å². The van der Waals surface area contributed by atoms with Gasteiger partial charge >= 0.3 is 0 Å².